The number of methoxy groups -OCH3 is 2. The smallest absolute Gasteiger partial charge is 0.293 e. The molecule has 0 spiro atoms. The van der Waals surface area contributed by atoms with Gasteiger partial charge in [0.15, 0.2) is 21.3 Å². The molecule has 0 atom stereocenters. The van der Waals surface area contributed by atoms with Crippen molar-refractivity contribution in [2.45, 2.75) is 11.8 Å². The van der Waals surface area contributed by atoms with E-state index < -0.39 is 14.8 Å². The number of ether oxygens (including phenoxy) is 2. The minimum absolute atomic E-state index is 0.117. The fraction of sp³-hybridized carbons (Fsp3) is 0.250. The number of rotatable bonds is 6. The molecule has 9 heteroatoms. The topological polar surface area (TPSA) is 108 Å². The molecule has 0 radical (unpaired) electrons. The number of hydrogen-bond donors (Lipinski definition) is 1. The number of nitrogens with zero attached hydrogens (tertiary/aromatic N) is 1. The van der Waals surface area contributed by atoms with E-state index in [1.54, 1.807) is 19.1 Å². The molecule has 0 unspecified atom stereocenters. The molecule has 0 aromatic heterocycles. The number of nitro benzene ring substituents is 1. The summed E-state index contributed by atoms with van der Waals surface area (Å²) in [6.07, 6.45) is 0.998. The van der Waals surface area contributed by atoms with Crippen LogP contribution in [0.5, 0.6) is 11.5 Å². The van der Waals surface area contributed by atoms with Crippen LogP contribution < -0.4 is 14.8 Å². The Bertz CT molecular complexity index is 924. The van der Waals surface area contributed by atoms with E-state index in [-0.39, 0.29) is 16.3 Å². The molecule has 2 rings (SSSR count). The van der Waals surface area contributed by atoms with E-state index in [0.29, 0.717) is 17.2 Å². The third-order valence-corrected chi connectivity index (χ3v) is 4.70. The molecule has 0 saturated heterocycles. The zero-order valence-corrected chi connectivity index (χ0v) is 15.0. The number of nitro groups is 1. The fourth-order valence-corrected chi connectivity index (χ4v) is 2.90. The molecule has 2 aromatic carbocycles. The normalized spacial score (nSPS) is 11.0. The highest BCUT2D eigenvalue weighted by Crippen LogP contribution is 2.36. The summed E-state index contributed by atoms with van der Waals surface area (Å²) >= 11 is 0. The second-order valence-corrected chi connectivity index (χ2v) is 7.37. The number of nitrogens with one attached hydrogen (secondary N) is 1. The lowest BCUT2D eigenvalue weighted by molar-refractivity contribution is -0.384. The SMILES string of the molecule is COc1cc(C)c(Nc2ccc(S(C)(=O)=O)cc2[N+](=O)[O-])cc1OC. The van der Waals surface area contributed by atoms with Gasteiger partial charge in [0, 0.05) is 24.1 Å². The van der Waals surface area contributed by atoms with Crippen molar-refractivity contribution in [2.75, 3.05) is 25.8 Å². The van der Waals surface area contributed by atoms with E-state index >= 15 is 0 Å². The maximum Gasteiger partial charge on any atom is 0.293 e. The molecule has 0 aliphatic heterocycles. The van der Waals surface area contributed by atoms with Crippen molar-refractivity contribution >= 4 is 26.9 Å². The van der Waals surface area contributed by atoms with Crippen LogP contribution in [-0.2, 0) is 9.84 Å². The number of benzene rings is 2. The summed E-state index contributed by atoms with van der Waals surface area (Å²) in [5.41, 5.74) is 1.19. The fourth-order valence-electron chi connectivity index (χ4n) is 2.26. The molecule has 0 amide bonds. The van der Waals surface area contributed by atoms with Gasteiger partial charge in [-0.05, 0) is 30.7 Å². The lowest BCUT2D eigenvalue weighted by Crippen LogP contribution is -2.03. The zero-order valence-electron chi connectivity index (χ0n) is 14.2. The van der Waals surface area contributed by atoms with Crippen LogP contribution in [0.2, 0.25) is 0 Å². The van der Waals surface area contributed by atoms with Gasteiger partial charge in [-0.15, -0.1) is 0 Å². The molecule has 2 aromatic rings. The van der Waals surface area contributed by atoms with Gasteiger partial charge in [0.05, 0.1) is 24.0 Å². The predicted octanol–water partition coefficient (Wildman–Crippen LogP) is 3.07. The molecule has 25 heavy (non-hydrogen) atoms. The molecule has 0 aliphatic carbocycles. The monoisotopic (exact) mass is 366 g/mol. The molecule has 0 heterocycles. The number of anilines is 2. The summed E-state index contributed by atoms with van der Waals surface area (Å²) in [6.45, 7) is 1.81. The van der Waals surface area contributed by atoms with Crippen molar-refractivity contribution in [3.8, 4) is 11.5 Å². The van der Waals surface area contributed by atoms with E-state index in [4.69, 9.17) is 9.47 Å². The third-order valence-electron chi connectivity index (χ3n) is 3.59. The van der Waals surface area contributed by atoms with Gasteiger partial charge in [0.2, 0.25) is 0 Å². The highest BCUT2D eigenvalue weighted by atomic mass is 32.2. The van der Waals surface area contributed by atoms with Gasteiger partial charge in [-0.25, -0.2) is 8.42 Å². The number of aryl methyl sites for hydroxylation is 1. The van der Waals surface area contributed by atoms with Gasteiger partial charge in [0.25, 0.3) is 5.69 Å². The highest BCUT2D eigenvalue weighted by Gasteiger charge is 2.20. The Labute approximate surface area is 145 Å². The lowest BCUT2D eigenvalue weighted by Gasteiger charge is -2.14. The Kier molecular flexibility index (Phi) is 5.17. The summed E-state index contributed by atoms with van der Waals surface area (Å²) in [5.74, 6) is 0.999. The maximum absolute atomic E-state index is 11.6. The molecule has 1 N–H and O–H groups in total. The van der Waals surface area contributed by atoms with Crippen LogP contribution >= 0.6 is 0 Å². The Morgan fingerprint density at radius 1 is 1.04 bits per heavy atom. The summed E-state index contributed by atoms with van der Waals surface area (Å²) in [4.78, 5) is 10.6. The number of hydrogen-bond acceptors (Lipinski definition) is 7. The molecular weight excluding hydrogens is 348 g/mol. The van der Waals surface area contributed by atoms with Crippen molar-refractivity contribution in [3.63, 3.8) is 0 Å². The second-order valence-electron chi connectivity index (χ2n) is 5.36. The molecule has 0 bridgehead atoms. The Hall–Kier alpha value is -2.81. The van der Waals surface area contributed by atoms with E-state index in [1.165, 1.54) is 26.4 Å². The van der Waals surface area contributed by atoms with Crippen molar-refractivity contribution in [3.05, 3.63) is 46.0 Å². The van der Waals surface area contributed by atoms with Gasteiger partial charge in [0.1, 0.15) is 5.69 Å². The van der Waals surface area contributed by atoms with E-state index in [0.717, 1.165) is 17.9 Å². The van der Waals surface area contributed by atoms with Gasteiger partial charge < -0.3 is 14.8 Å². The van der Waals surface area contributed by atoms with Gasteiger partial charge in [-0.2, -0.15) is 0 Å². The lowest BCUT2D eigenvalue weighted by atomic mass is 10.1. The van der Waals surface area contributed by atoms with E-state index in [2.05, 4.69) is 5.32 Å². The minimum atomic E-state index is -3.55. The average Bonchev–Trinajstić information content (AvgIpc) is 2.55. The van der Waals surface area contributed by atoms with Crippen molar-refractivity contribution in [2.24, 2.45) is 0 Å². The third kappa shape index (κ3) is 4.00. The minimum Gasteiger partial charge on any atom is -0.493 e. The van der Waals surface area contributed by atoms with Crippen LogP contribution in [-0.4, -0.2) is 33.8 Å². The largest absolute Gasteiger partial charge is 0.493 e. The first kappa shape index (κ1) is 18.5. The van der Waals surface area contributed by atoms with Gasteiger partial charge in [-0.3, -0.25) is 10.1 Å². The first-order valence-electron chi connectivity index (χ1n) is 7.15. The summed E-state index contributed by atoms with van der Waals surface area (Å²) in [7, 11) is -0.546. The molecule has 8 nitrogen and oxygen atoms in total. The highest BCUT2D eigenvalue weighted by molar-refractivity contribution is 7.90. The predicted molar refractivity (Wildman–Crippen MR) is 93.8 cm³/mol. The Morgan fingerprint density at radius 2 is 1.64 bits per heavy atom. The maximum atomic E-state index is 11.6. The average molecular weight is 366 g/mol. The van der Waals surface area contributed by atoms with Crippen LogP contribution in [0.15, 0.2) is 35.2 Å². The van der Waals surface area contributed by atoms with Crippen LogP contribution in [0.1, 0.15) is 5.56 Å². The zero-order chi connectivity index (χ0) is 18.8. The van der Waals surface area contributed by atoms with Crippen molar-refractivity contribution in [1.29, 1.82) is 0 Å². The van der Waals surface area contributed by atoms with Crippen molar-refractivity contribution < 1.29 is 22.8 Å². The molecule has 0 saturated carbocycles. The number of sulfone groups is 1. The summed E-state index contributed by atoms with van der Waals surface area (Å²) in [5, 5.41) is 14.3. The van der Waals surface area contributed by atoms with Crippen LogP contribution in [0.3, 0.4) is 0 Å². The molecule has 0 aliphatic rings. The molecule has 0 fully saturated rings. The molecule has 134 valence electrons. The Balaban J connectivity index is 2.52. The van der Waals surface area contributed by atoms with Crippen LogP contribution in [0.4, 0.5) is 17.1 Å². The summed E-state index contributed by atoms with van der Waals surface area (Å²) in [6, 6.07) is 7.11. The first-order valence-corrected chi connectivity index (χ1v) is 9.04. The molecular formula is C16H18N2O6S. The first-order chi connectivity index (χ1) is 11.7. The summed E-state index contributed by atoms with van der Waals surface area (Å²) < 4.78 is 33.7. The van der Waals surface area contributed by atoms with E-state index in [1.807, 2.05) is 0 Å². The van der Waals surface area contributed by atoms with Crippen LogP contribution in [0.25, 0.3) is 0 Å². The van der Waals surface area contributed by atoms with E-state index in [9.17, 15) is 18.5 Å². The standard InChI is InChI=1S/C16H18N2O6S/c1-10-7-15(23-2)16(24-3)9-13(10)17-12-6-5-11(25(4,21)22)8-14(12)18(19)20/h5-9,17H,1-4H3. The van der Waals surface area contributed by atoms with Gasteiger partial charge >= 0.3 is 0 Å². The second kappa shape index (κ2) is 6.98. The van der Waals surface area contributed by atoms with Crippen molar-refractivity contribution in [1.82, 2.24) is 0 Å². The van der Waals surface area contributed by atoms with Crippen LogP contribution in [0, 0.1) is 17.0 Å². The quantitative estimate of drug-likeness (QED) is 0.618. The Morgan fingerprint density at radius 3 is 2.16 bits per heavy atom. The van der Waals surface area contributed by atoms with Gasteiger partial charge in [-0.1, -0.05) is 0 Å².